The van der Waals surface area contributed by atoms with Crippen LogP contribution in [0.3, 0.4) is 0 Å². The zero-order chi connectivity index (χ0) is 25.0. The first-order valence-electron chi connectivity index (χ1n) is 13.4. The summed E-state index contributed by atoms with van der Waals surface area (Å²) in [5, 5.41) is 9.41. The molecule has 0 bridgehead atoms. The Morgan fingerprint density at radius 2 is 1.21 bits per heavy atom. The second-order valence-corrected chi connectivity index (χ2v) is 8.40. The van der Waals surface area contributed by atoms with E-state index in [1.54, 1.807) is 0 Å². The number of rotatable bonds is 23. The van der Waals surface area contributed by atoms with E-state index in [4.69, 9.17) is 9.47 Å². The van der Waals surface area contributed by atoms with Crippen LogP contribution in [0.5, 0.6) is 0 Å². The highest BCUT2D eigenvalue weighted by atomic mass is 16.6. The van der Waals surface area contributed by atoms with Crippen molar-refractivity contribution in [1.29, 1.82) is 0 Å². The summed E-state index contributed by atoms with van der Waals surface area (Å²) in [5.74, 6) is -0.333. The molecule has 1 atom stereocenters. The Morgan fingerprint density at radius 1 is 0.706 bits per heavy atom. The summed E-state index contributed by atoms with van der Waals surface area (Å²) in [6, 6.07) is 0. The van der Waals surface area contributed by atoms with Crippen molar-refractivity contribution >= 4 is 5.97 Å². The molecule has 194 valence electrons. The van der Waals surface area contributed by atoms with Gasteiger partial charge in [-0.3, -0.25) is 4.79 Å². The molecule has 0 aromatic rings. The van der Waals surface area contributed by atoms with Gasteiger partial charge in [0.25, 0.3) is 0 Å². The summed E-state index contributed by atoms with van der Waals surface area (Å²) in [5.41, 5.74) is 0. The van der Waals surface area contributed by atoms with Gasteiger partial charge in [-0.15, -0.1) is 0 Å². The highest BCUT2D eigenvalue weighted by molar-refractivity contribution is 5.71. The van der Waals surface area contributed by atoms with Crippen molar-refractivity contribution in [3.63, 3.8) is 0 Å². The third kappa shape index (κ3) is 24.7. The predicted octanol–water partition coefficient (Wildman–Crippen LogP) is 7.80. The van der Waals surface area contributed by atoms with Crippen LogP contribution in [0.15, 0.2) is 60.8 Å². The zero-order valence-electron chi connectivity index (χ0n) is 21.8. The number of carbonyl (C=O) groups is 1. The van der Waals surface area contributed by atoms with E-state index < -0.39 is 6.10 Å². The summed E-state index contributed by atoms with van der Waals surface area (Å²) in [4.78, 5) is 11.9. The van der Waals surface area contributed by atoms with Gasteiger partial charge >= 0.3 is 5.97 Å². The van der Waals surface area contributed by atoms with Gasteiger partial charge in [-0.2, -0.15) is 0 Å². The number of unbranched alkanes of at least 4 members (excludes halogenated alkanes) is 6. The van der Waals surface area contributed by atoms with Crippen LogP contribution in [0.4, 0.5) is 0 Å². The minimum Gasteiger partial charge on any atom is -0.457 e. The van der Waals surface area contributed by atoms with Gasteiger partial charge in [-0.1, -0.05) is 113 Å². The Bertz CT molecular complexity index is 587. The standard InChI is InChI=1S/C30H50O4/c1-3-5-7-9-11-12-13-14-15-16-17-18-19-21-23-25-30(32)34-29(27-31)28-33-26-24-22-20-10-8-6-4-2/h5,7,11-12,14-15,17-18,21,23,29,31H,3-4,6,8-10,13,16,19-20,22,24-28H2,1-2H3/b7-5-,12-11-,15-14-,18-17-,23-21-. The Morgan fingerprint density at radius 3 is 1.74 bits per heavy atom. The molecule has 0 aliphatic rings. The van der Waals surface area contributed by atoms with Gasteiger partial charge in [0, 0.05) is 6.61 Å². The average molecular weight is 475 g/mol. The van der Waals surface area contributed by atoms with Crippen LogP contribution in [-0.2, 0) is 14.3 Å². The van der Waals surface area contributed by atoms with E-state index in [9.17, 15) is 9.90 Å². The van der Waals surface area contributed by atoms with E-state index in [1.807, 2.05) is 12.2 Å². The minimum absolute atomic E-state index is 0.210. The van der Waals surface area contributed by atoms with Crippen LogP contribution in [-0.4, -0.2) is 37.0 Å². The van der Waals surface area contributed by atoms with E-state index in [2.05, 4.69) is 62.5 Å². The number of ether oxygens (including phenoxy) is 2. The molecule has 0 saturated heterocycles. The van der Waals surface area contributed by atoms with E-state index in [-0.39, 0.29) is 25.6 Å². The molecule has 0 spiro atoms. The SMILES string of the molecule is CC/C=C\C/C=C\C/C=C\C/C=C\C/C=C\CC(=O)OC(CO)COCCCCCCCCC. The van der Waals surface area contributed by atoms with Crippen molar-refractivity contribution in [3.05, 3.63) is 60.8 Å². The van der Waals surface area contributed by atoms with Crippen molar-refractivity contribution in [2.75, 3.05) is 19.8 Å². The maximum absolute atomic E-state index is 11.9. The van der Waals surface area contributed by atoms with Gasteiger partial charge in [0.05, 0.1) is 19.6 Å². The van der Waals surface area contributed by atoms with Gasteiger partial charge < -0.3 is 14.6 Å². The summed E-state index contributed by atoms with van der Waals surface area (Å²) < 4.78 is 10.9. The van der Waals surface area contributed by atoms with Crippen LogP contribution in [0.2, 0.25) is 0 Å². The Labute approximate surface area is 209 Å². The number of carbonyl (C=O) groups excluding carboxylic acids is 1. The van der Waals surface area contributed by atoms with Gasteiger partial charge in [0.15, 0.2) is 0 Å². The molecule has 0 saturated carbocycles. The number of hydrogen-bond acceptors (Lipinski definition) is 4. The maximum atomic E-state index is 11.9. The molecular formula is C30H50O4. The first kappa shape index (κ1) is 32.1. The van der Waals surface area contributed by atoms with Crippen LogP contribution in [0.1, 0.15) is 97.3 Å². The maximum Gasteiger partial charge on any atom is 0.310 e. The normalized spacial score (nSPS) is 13.4. The lowest BCUT2D eigenvalue weighted by Crippen LogP contribution is -2.27. The summed E-state index contributed by atoms with van der Waals surface area (Å²) in [7, 11) is 0. The fraction of sp³-hybridized carbons (Fsp3) is 0.633. The molecule has 0 amide bonds. The minimum atomic E-state index is -0.584. The average Bonchev–Trinajstić information content (AvgIpc) is 2.84. The summed E-state index contributed by atoms with van der Waals surface area (Å²) in [6.45, 7) is 5.06. The van der Waals surface area contributed by atoms with Gasteiger partial charge in [0.2, 0.25) is 0 Å². The van der Waals surface area contributed by atoms with Gasteiger partial charge in [-0.25, -0.2) is 0 Å². The summed E-state index contributed by atoms with van der Waals surface area (Å²) in [6.07, 6.45) is 34.1. The number of aliphatic hydroxyl groups is 1. The van der Waals surface area contributed by atoms with E-state index in [1.165, 1.54) is 32.1 Å². The Hall–Kier alpha value is -1.91. The Balaban J connectivity index is 3.73. The van der Waals surface area contributed by atoms with Crippen LogP contribution in [0.25, 0.3) is 0 Å². The second kappa shape index (κ2) is 27.3. The first-order chi connectivity index (χ1) is 16.7. The molecule has 0 rings (SSSR count). The quantitative estimate of drug-likeness (QED) is 0.0932. The van der Waals surface area contributed by atoms with E-state index in [0.29, 0.717) is 6.61 Å². The van der Waals surface area contributed by atoms with E-state index in [0.717, 1.165) is 44.9 Å². The largest absolute Gasteiger partial charge is 0.457 e. The van der Waals surface area contributed by atoms with Crippen molar-refractivity contribution < 1.29 is 19.4 Å². The Kier molecular flexibility index (Phi) is 25.8. The van der Waals surface area contributed by atoms with Gasteiger partial charge in [-0.05, 0) is 38.5 Å². The van der Waals surface area contributed by atoms with Crippen molar-refractivity contribution in [2.24, 2.45) is 0 Å². The molecule has 0 aliphatic carbocycles. The van der Waals surface area contributed by atoms with Crippen molar-refractivity contribution in [1.82, 2.24) is 0 Å². The molecule has 0 radical (unpaired) electrons. The molecule has 1 N–H and O–H groups in total. The molecule has 0 heterocycles. The molecule has 4 heteroatoms. The molecule has 34 heavy (non-hydrogen) atoms. The molecule has 0 fully saturated rings. The molecule has 4 nitrogen and oxygen atoms in total. The molecular weight excluding hydrogens is 424 g/mol. The fourth-order valence-electron chi connectivity index (χ4n) is 3.16. The van der Waals surface area contributed by atoms with Crippen molar-refractivity contribution in [2.45, 2.75) is 103 Å². The predicted molar refractivity (Wildman–Crippen MR) is 145 cm³/mol. The van der Waals surface area contributed by atoms with E-state index >= 15 is 0 Å². The number of hydrogen-bond donors (Lipinski definition) is 1. The monoisotopic (exact) mass is 474 g/mol. The molecule has 0 aromatic heterocycles. The lowest BCUT2D eigenvalue weighted by molar-refractivity contribution is -0.153. The smallest absolute Gasteiger partial charge is 0.310 e. The second-order valence-electron chi connectivity index (χ2n) is 8.40. The number of esters is 1. The molecule has 0 aromatic carbocycles. The fourth-order valence-corrected chi connectivity index (χ4v) is 3.16. The van der Waals surface area contributed by atoms with Crippen molar-refractivity contribution in [3.8, 4) is 0 Å². The topological polar surface area (TPSA) is 55.8 Å². The molecule has 1 unspecified atom stereocenters. The lowest BCUT2D eigenvalue weighted by atomic mass is 10.1. The van der Waals surface area contributed by atoms with Crippen LogP contribution >= 0.6 is 0 Å². The van der Waals surface area contributed by atoms with Gasteiger partial charge in [0.1, 0.15) is 6.10 Å². The molecule has 0 aliphatic heterocycles. The number of allylic oxidation sites excluding steroid dienone is 9. The zero-order valence-corrected chi connectivity index (χ0v) is 21.8. The lowest BCUT2D eigenvalue weighted by Gasteiger charge is -2.15. The third-order valence-electron chi connectivity index (χ3n) is 5.14. The highest BCUT2D eigenvalue weighted by Gasteiger charge is 2.12. The van der Waals surface area contributed by atoms with Crippen LogP contribution < -0.4 is 0 Å². The third-order valence-corrected chi connectivity index (χ3v) is 5.14. The number of aliphatic hydroxyl groups excluding tert-OH is 1. The summed E-state index contributed by atoms with van der Waals surface area (Å²) >= 11 is 0. The van der Waals surface area contributed by atoms with Crippen LogP contribution in [0, 0.1) is 0 Å². The first-order valence-corrected chi connectivity index (χ1v) is 13.4. The highest BCUT2D eigenvalue weighted by Crippen LogP contribution is 2.07.